The largest absolute Gasteiger partial charge is 0.493 e. The van der Waals surface area contributed by atoms with Gasteiger partial charge in [0.15, 0.2) is 5.58 Å². The van der Waals surface area contributed by atoms with Crippen LogP contribution in [0.3, 0.4) is 0 Å². The molecule has 4 rings (SSSR count). The number of anilines is 1. The third-order valence-corrected chi connectivity index (χ3v) is 5.03. The van der Waals surface area contributed by atoms with Gasteiger partial charge in [0.05, 0.1) is 17.3 Å². The molecule has 0 aliphatic rings. The second-order valence-electron chi connectivity index (χ2n) is 7.87. The fourth-order valence-electron chi connectivity index (χ4n) is 3.07. The van der Waals surface area contributed by atoms with Crippen molar-refractivity contribution < 1.29 is 13.9 Å². The molecule has 3 aromatic carbocycles. The van der Waals surface area contributed by atoms with Gasteiger partial charge < -0.3 is 14.5 Å². The monoisotopic (exact) mass is 434 g/mol. The number of aromatic nitrogens is 1. The van der Waals surface area contributed by atoms with Gasteiger partial charge in [0.25, 0.3) is 5.91 Å². The van der Waals surface area contributed by atoms with Crippen molar-refractivity contribution in [1.29, 1.82) is 0 Å². The van der Waals surface area contributed by atoms with Gasteiger partial charge in [0.1, 0.15) is 11.3 Å². The lowest BCUT2D eigenvalue weighted by atomic mass is 10.1. The number of benzene rings is 3. The van der Waals surface area contributed by atoms with Crippen LogP contribution in [-0.2, 0) is 0 Å². The van der Waals surface area contributed by atoms with Crippen LogP contribution in [0.2, 0.25) is 5.02 Å². The Bertz CT molecular complexity index is 1230. The second kappa shape index (κ2) is 8.82. The number of amides is 1. The van der Waals surface area contributed by atoms with Crippen molar-refractivity contribution >= 4 is 34.3 Å². The summed E-state index contributed by atoms with van der Waals surface area (Å²) in [5.41, 5.74) is 4.33. The first-order valence-corrected chi connectivity index (χ1v) is 10.5. The molecule has 0 saturated heterocycles. The normalized spacial score (nSPS) is 11.1. The zero-order valence-corrected chi connectivity index (χ0v) is 18.4. The zero-order valence-electron chi connectivity index (χ0n) is 17.6. The van der Waals surface area contributed by atoms with Crippen LogP contribution >= 0.6 is 11.6 Å². The number of hydrogen-bond acceptors (Lipinski definition) is 4. The van der Waals surface area contributed by atoms with E-state index in [-0.39, 0.29) is 5.91 Å². The highest BCUT2D eigenvalue weighted by Crippen LogP contribution is 2.31. The van der Waals surface area contributed by atoms with Crippen LogP contribution < -0.4 is 10.1 Å². The number of hydrogen-bond donors (Lipinski definition) is 1. The van der Waals surface area contributed by atoms with Crippen molar-refractivity contribution in [2.45, 2.75) is 20.8 Å². The summed E-state index contributed by atoms with van der Waals surface area (Å²) >= 11 is 6.33. The summed E-state index contributed by atoms with van der Waals surface area (Å²) in [7, 11) is 0. The lowest BCUT2D eigenvalue weighted by Gasteiger charge is -2.10. The van der Waals surface area contributed by atoms with Gasteiger partial charge in [-0.25, -0.2) is 4.98 Å². The number of carbonyl (C=O) groups is 1. The van der Waals surface area contributed by atoms with Crippen LogP contribution in [0, 0.1) is 12.8 Å². The van der Waals surface area contributed by atoms with E-state index in [4.69, 9.17) is 20.8 Å². The van der Waals surface area contributed by atoms with Gasteiger partial charge in [-0.3, -0.25) is 4.79 Å². The minimum atomic E-state index is -0.261. The summed E-state index contributed by atoms with van der Waals surface area (Å²) in [6, 6.07) is 18.2. The second-order valence-corrected chi connectivity index (χ2v) is 8.28. The van der Waals surface area contributed by atoms with Gasteiger partial charge >= 0.3 is 0 Å². The van der Waals surface area contributed by atoms with E-state index >= 15 is 0 Å². The summed E-state index contributed by atoms with van der Waals surface area (Å²) in [6.07, 6.45) is 0. The van der Waals surface area contributed by atoms with E-state index in [1.54, 1.807) is 36.4 Å². The molecule has 31 heavy (non-hydrogen) atoms. The molecule has 0 fully saturated rings. The predicted octanol–water partition coefficient (Wildman–Crippen LogP) is 6.74. The zero-order chi connectivity index (χ0) is 22.0. The van der Waals surface area contributed by atoms with Crippen molar-refractivity contribution in [3.8, 4) is 17.2 Å². The maximum absolute atomic E-state index is 12.7. The van der Waals surface area contributed by atoms with Crippen LogP contribution in [0.5, 0.6) is 5.75 Å². The van der Waals surface area contributed by atoms with E-state index in [1.165, 1.54) is 0 Å². The van der Waals surface area contributed by atoms with Crippen molar-refractivity contribution in [2.24, 2.45) is 5.92 Å². The molecular weight excluding hydrogens is 412 g/mol. The van der Waals surface area contributed by atoms with E-state index < -0.39 is 0 Å². The van der Waals surface area contributed by atoms with Crippen molar-refractivity contribution in [3.05, 3.63) is 76.8 Å². The minimum absolute atomic E-state index is 0.261. The number of fused-ring (bicyclic) bond motifs is 1. The van der Waals surface area contributed by atoms with Crippen LogP contribution in [-0.4, -0.2) is 17.5 Å². The molecule has 0 aliphatic heterocycles. The molecule has 0 bridgehead atoms. The third-order valence-electron chi connectivity index (χ3n) is 4.70. The Morgan fingerprint density at radius 2 is 1.87 bits per heavy atom. The highest BCUT2D eigenvalue weighted by atomic mass is 35.5. The summed E-state index contributed by atoms with van der Waals surface area (Å²) in [5, 5.41) is 3.30. The number of rotatable bonds is 6. The molecule has 1 aromatic heterocycles. The average molecular weight is 435 g/mol. The minimum Gasteiger partial charge on any atom is -0.493 e. The SMILES string of the molecule is Cc1ccc2oc(-c3ccc(Cl)c(NC(=O)c4ccc(OCC(C)C)cc4)c3)nc2c1. The first-order chi connectivity index (χ1) is 14.9. The molecule has 5 nitrogen and oxygen atoms in total. The maximum atomic E-state index is 12.7. The van der Waals surface area contributed by atoms with Gasteiger partial charge in [-0.05, 0) is 73.0 Å². The Morgan fingerprint density at radius 1 is 1.10 bits per heavy atom. The van der Waals surface area contributed by atoms with E-state index in [9.17, 15) is 4.79 Å². The van der Waals surface area contributed by atoms with Gasteiger partial charge in [-0.2, -0.15) is 0 Å². The van der Waals surface area contributed by atoms with Crippen molar-refractivity contribution in [1.82, 2.24) is 4.98 Å². The molecule has 0 unspecified atom stereocenters. The average Bonchev–Trinajstić information content (AvgIpc) is 3.17. The topological polar surface area (TPSA) is 64.4 Å². The van der Waals surface area contributed by atoms with Gasteiger partial charge in [-0.15, -0.1) is 0 Å². The molecule has 1 amide bonds. The van der Waals surface area contributed by atoms with E-state index in [0.29, 0.717) is 40.3 Å². The van der Waals surface area contributed by atoms with Gasteiger partial charge in [0.2, 0.25) is 5.89 Å². The molecule has 0 radical (unpaired) electrons. The Kier molecular flexibility index (Phi) is 5.96. The highest BCUT2D eigenvalue weighted by molar-refractivity contribution is 6.34. The first-order valence-electron chi connectivity index (χ1n) is 10.1. The number of aryl methyl sites for hydroxylation is 1. The summed E-state index contributed by atoms with van der Waals surface area (Å²) < 4.78 is 11.5. The molecule has 0 atom stereocenters. The quantitative estimate of drug-likeness (QED) is 0.364. The molecule has 158 valence electrons. The Balaban J connectivity index is 1.53. The fourth-order valence-corrected chi connectivity index (χ4v) is 3.24. The van der Waals surface area contributed by atoms with Crippen LogP contribution in [0.4, 0.5) is 5.69 Å². The summed E-state index contributed by atoms with van der Waals surface area (Å²) in [5.74, 6) is 1.38. The molecule has 0 spiro atoms. The fraction of sp³-hybridized carbons (Fsp3) is 0.200. The van der Waals surface area contributed by atoms with Crippen LogP contribution in [0.15, 0.2) is 65.1 Å². The molecule has 0 saturated carbocycles. The standard InChI is InChI=1S/C25H23ClN2O3/c1-15(2)14-30-19-8-5-17(6-9-19)24(29)27-21-13-18(7-10-20(21)26)25-28-22-12-16(3)4-11-23(22)31-25/h4-13,15H,14H2,1-3H3,(H,27,29). The number of nitrogens with zero attached hydrogens (tertiary/aromatic N) is 1. The number of carbonyl (C=O) groups excluding carboxylic acids is 1. The predicted molar refractivity (Wildman–Crippen MR) is 124 cm³/mol. The number of oxazole rings is 1. The van der Waals surface area contributed by atoms with Crippen LogP contribution in [0.1, 0.15) is 29.8 Å². The Hall–Kier alpha value is -3.31. The molecule has 0 aliphatic carbocycles. The summed E-state index contributed by atoms with van der Waals surface area (Å²) in [4.78, 5) is 17.3. The van der Waals surface area contributed by atoms with E-state index in [1.807, 2.05) is 31.2 Å². The molecular formula is C25H23ClN2O3. The summed E-state index contributed by atoms with van der Waals surface area (Å²) in [6.45, 7) is 6.80. The lowest BCUT2D eigenvalue weighted by Crippen LogP contribution is -2.12. The van der Waals surface area contributed by atoms with E-state index in [2.05, 4.69) is 24.1 Å². The smallest absolute Gasteiger partial charge is 0.255 e. The van der Waals surface area contributed by atoms with E-state index in [0.717, 1.165) is 22.4 Å². The molecule has 6 heteroatoms. The maximum Gasteiger partial charge on any atom is 0.255 e. The Labute approximate surface area is 186 Å². The Morgan fingerprint density at radius 3 is 2.61 bits per heavy atom. The highest BCUT2D eigenvalue weighted by Gasteiger charge is 2.13. The molecule has 1 N–H and O–H groups in total. The van der Waals surface area contributed by atoms with Crippen molar-refractivity contribution in [2.75, 3.05) is 11.9 Å². The van der Waals surface area contributed by atoms with Crippen LogP contribution in [0.25, 0.3) is 22.6 Å². The first kappa shape index (κ1) is 20.9. The van der Waals surface area contributed by atoms with Crippen molar-refractivity contribution in [3.63, 3.8) is 0 Å². The molecule has 1 heterocycles. The number of ether oxygens (including phenoxy) is 1. The number of halogens is 1. The lowest BCUT2D eigenvalue weighted by molar-refractivity contribution is 0.102. The number of nitrogens with one attached hydrogen (secondary N) is 1. The molecule has 4 aromatic rings. The van der Waals surface area contributed by atoms with Gasteiger partial charge in [0, 0.05) is 11.1 Å². The third kappa shape index (κ3) is 4.89. The van der Waals surface area contributed by atoms with Gasteiger partial charge in [-0.1, -0.05) is 31.5 Å².